The molecule has 2 saturated heterocycles. The fourth-order valence-corrected chi connectivity index (χ4v) is 6.04. The molecule has 2 aliphatic heterocycles. The second-order valence-electron chi connectivity index (χ2n) is 10.3. The molecule has 0 radical (unpaired) electrons. The van der Waals surface area contributed by atoms with Gasteiger partial charge in [-0.05, 0) is 55.9 Å². The fraction of sp³-hybridized carbons (Fsp3) is 0.367. The molecular weight excluding hydrogens is 563 g/mol. The Kier molecular flexibility index (Phi) is 7.88. The van der Waals surface area contributed by atoms with E-state index >= 15 is 0 Å². The molecule has 5 rings (SSSR count). The molecule has 3 aromatic carbocycles. The van der Waals surface area contributed by atoms with Crippen LogP contribution < -0.4 is 5.32 Å². The van der Waals surface area contributed by atoms with Gasteiger partial charge in [-0.15, -0.1) is 0 Å². The molecule has 0 unspecified atom stereocenters. The van der Waals surface area contributed by atoms with Gasteiger partial charge in [0.05, 0.1) is 11.0 Å². The standard InChI is InChI=1S/C30H32BrFN4O3/c1-3-19(2)28-29(38)34(17-22-9-6-8-21-7-4-5-10-23(21)22)18-26-35(14-13-27(37)36(26)28)30(39)33-16-20-11-12-25(32)24(31)15-20/h4-12,15,19,26,28H,3,13-14,16-18H2,1-2H3,(H,33,39)/t19-,26+,28-/m0/s1. The molecule has 2 heterocycles. The number of nitrogens with one attached hydrogen (secondary N) is 1. The van der Waals surface area contributed by atoms with Gasteiger partial charge in [-0.3, -0.25) is 9.59 Å². The van der Waals surface area contributed by atoms with Crippen molar-refractivity contribution in [1.82, 2.24) is 20.0 Å². The largest absolute Gasteiger partial charge is 0.334 e. The lowest BCUT2D eigenvalue weighted by molar-refractivity contribution is -0.170. The summed E-state index contributed by atoms with van der Waals surface area (Å²) in [7, 11) is 0. The summed E-state index contributed by atoms with van der Waals surface area (Å²) in [4.78, 5) is 45.7. The van der Waals surface area contributed by atoms with Crippen LogP contribution in [0.2, 0.25) is 0 Å². The lowest BCUT2D eigenvalue weighted by Gasteiger charge is -2.53. The van der Waals surface area contributed by atoms with Crippen LogP contribution in [0.15, 0.2) is 65.1 Å². The zero-order valence-corrected chi connectivity index (χ0v) is 23.7. The van der Waals surface area contributed by atoms with E-state index in [1.807, 2.05) is 50.2 Å². The monoisotopic (exact) mass is 594 g/mol. The molecule has 39 heavy (non-hydrogen) atoms. The number of amides is 4. The maximum Gasteiger partial charge on any atom is 0.319 e. The predicted octanol–water partition coefficient (Wildman–Crippen LogP) is 5.27. The van der Waals surface area contributed by atoms with Crippen molar-refractivity contribution in [2.24, 2.45) is 5.92 Å². The molecule has 2 fully saturated rings. The van der Waals surface area contributed by atoms with Gasteiger partial charge in [0.25, 0.3) is 0 Å². The van der Waals surface area contributed by atoms with Crippen LogP contribution in [0.4, 0.5) is 9.18 Å². The van der Waals surface area contributed by atoms with Crippen LogP contribution in [0, 0.1) is 11.7 Å². The second kappa shape index (κ2) is 11.3. The van der Waals surface area contributed by atoms with Crippen LogP contribution in [0.3, 0.4) is 0 Å². The van der Waals surface area contributed by atoms with Gasteiger partial charge in [-0.1, -0.05) is 68.8 Å². The van der Waals surface area contributed by atoms with Crippen molar-refractivity contribution >= 4 is 44.5 Å². The zero-order valence-electron chi connectivity index (χ0n) is 22.1. The quantitative estimate of drug-likeness (QED) is 0.422. The summed E-state index contributed by atoms with van der Waals surface area (Å²) in [6.07, 6.45) is 0.314. The average Bonchev–Trinajstić information content (AvgIpc) is 2.94. The van der Waals surface area contributed by atoms with E-state index in [-0.39, 0.29) is 55.6 Å². The summed E-state index contributed by atoms with van der Waals surface area (Å²) in [5.41, 5.74) is 1.77. The second-order valence-corrected chi connectivity index (χ2v) is 11.2. The smallest absolute Gasteiger partial charge is 0.319 e. The van der Waals surface area contributed by atoms with Crippen molar-refractivity contribution < 1.29 is 18.8 Å². The first-order valence-corrected chi connectivity index (χ1v) is 14.1. The molecule has 1 N–H and O–H groups in total. The van der Waals surface area contributed by atoms with E-state index in [0.29, 0.717) is 11.0 Å². The van der Waals surface area contributed by atoms with E-state index in [2.05, 4.69) is 27.3 Å². The maximum atomic E-state index is 13.9. The van der Waals surface area contributed by atoms with E-state index in [4.69, 9.17) is 0 Å². The molecule has 204 valence electrons. The number of piperazine rings is 1. The summed E-state index contributed by atoms with van der Waals surface area (Å²) >= 11 is 3.18. The lowest BCUT2D eigenvalue weighted by atomic mass is 9.91. The molecule has 3 aromatic rings. The van der Waals surface area contributed by atoms with Gasteiger partial charge in [-0.25, -0.2) is 9.18 Å². The minimum atomic E-state index is -0.639. The summed E-state index contributed by atoms with van der Waals surface area (Å²) in [6.45, 7) is 5.10. The first-order valence-electron chi connectivity index (χ1n) is 13.3. The number of urea groups is 1. The molecule has 4 amide bonds. The Morgan fingerprint density at radius 3 is 2.67 bits per heavy atom. The maximum absolute atomic E-state index is 13.9. The molecule has 3 atom stereocenters. The van der Waals surface area contributed by atoms with Gasteiger partial charge in [0.15, 0.2) is 0 Å². The van der Waals surface area contributed by atoms with Crippen molar-refractivity contribution in [1.29, 1.82) is 0 Å². The van der Waals surface area contributed by atoms with Gasteiger partial charge in [0, 0.05) is 26.1 Å². The van der Waals surface area contributed by atoms with Crippen LogP contribution >= 0.6 is 15.9 Å². The highest BCUT2D eigenvalue weighted by atomic mass is 79.9. The minimum absolute atomic E-state index is 0.0705. The van der Waals surface area contributed by atoms with Crippen molar-refractivity contribution in [3.63, 3.8) is 0 Å². The number of carbonyl (C=O) groups is 3. The number of fused-ring (bicyclic) bond motifs is 2. The number of hydrogen-bond donors (Lipinski definition) is 1. The minimum Gasteiger partial charge on any atom is -0.334 e. The topological polar surface area (TPSA) is 73.0 Å². The highest BCUT2D eigenvalue weighted by molar-refractivity contribution is 9.10. The van der Waals surface area contributed by atoms with Gasteiger partial charge >= 0.3 is 6.03 Å². The Hall–Kier alpha value is -3.46. The fourth-order valence-electron chi connectivity index (χ4n) is 5.62. The van der Waals surface area contributed by atoms with Crippen LogP contribution in [-0.4, -0.2) is 57.8 Å². The number of rotatable bonds is 6. The molecule has 9 heteroatoms. The third-order valence-corrected chi connectivity index (χ3v) is 8.50. The highest BCUT2D eigenvalue weighted by Gasteiger charge is 2.50. The van der Waals surface area contributed by atoms with Gasteiger partial charge < -0.3 is 20.0 Å². The highest BCUT2D eigenvalue weighted by Crippen LogP contribution is 2.32. The Morgan fingerprint density at radius 2 is 1.90 bits per heavy atom. The van der Waals surface area contributed by atoms with E-state index in [1.54, 1.807) is 26.8 Å². The number of halogens is 2. The first kappa shape index (κ1) is 27.1. The van der Waals surface area contributed by atoms with E-state index in [0.717, 1.165) is 28.3 Å². The molecule has 2 aliphatic rings. The summed E-state index contributed by atoms with van der Waals surface area (Å²) in [6, 6.07) is 17.8. The van der Waals surface area contributed by atoms with Crippen LogP contribution in [0.25, 0.3) is 10.8 Å². The molecule has 0 spiro atoms. The normalized spacial score (nSPS) is 20.3. The first-order chi connectivity index (χ1) is 18.8. The number of hydrogen-bond acceptors (Lipinski definition) is 3. The van der Waals surface area contributed by atoms with Crippen molar-refractivity contribution in [3.05, 3.63) is 82.1 Å². The molecular formula is C30H32BrFN4O3. The number of nitrogens with zero attached hydrogens (tertiary/aromatic N) is 3. The Bertz CT molecular complexity index is 1410. The van der Waals surface area contributed by atoms with Gasteiger partial charge in [0.1, 0.15) is 18.0 Å². The Labute approximate surface area is 236 Å². The summed E-state index contributed by atoms with van der Waals surface area (Å²) in [5.74, 6) is -0.626. The molecule has 0 aromatic heterocycles. The predicted molar refractivity (Wildman–Crippen MR) is 151 cm³/mol. The summed E-state index contributed by atoms with van der Waals surface area (Å²) < 4.78 is 14.0. The zero-order chi connectivity index (χ0) is 27.7. The third-order valence-electron chi connectivity index (χ3n) is 7.90. The van der Waals surface area contributed by atoms with Crippen LogP contribution in [-0.2, 0) is 22.7 Å². The van der Waals surface area contributed by atoms with Gasteiger partial charge in [-0.2, -0.15) is 0 Å². The SMILES string of the molecule is CC[C@H](C)[C@H]1C(=O)N(Cc2cccc3ccccc23)C[C@@H]2N(C(=O)NCc3ccc(F)c(Br)c3)CCC(=O)N12. The Morgan fingerprint density at radius 1 is 1.13 bits per heavy atom. The average molecular weight is 596 g/mol. The van der Waals surface area contributed by atoms with Crippen LogP contribution in [0.1, 0.15) is 37.8 Å². The van der Waals surface area contributed by atoms with Crippen molar-refractivity contribution in [2.75, 3.05) is 13.1 Å². The Balaban J connectivity index is 1.42. The summed E-state index contributed by atoms with van der Waals surface area (Å²) in [5, 5.41) is 5.10. The third kappa shape index (κ3) is 5.37. The molecule has 0 saturated carbocycles. The molecule has 0 aliphatic carbocycles. The van der Waals surface area contributed by atoms with E-state index in [9.17, 15) is 18.8 Å². The molecule has 0 bridgehead atoms. The van der Waals surface area contributed by atoms with Crippen LogP contribution in [0.5, 0.6) is 0 Å². The van der Waals surface area contributed by atoms with Gasteiger partial charge in [0.2, 0.25) is 11.8 Å². The van der Waals surface area contributed by atoms with E-state index in [1.165, 1.54) is 6.07 Å². The van der Waals surface area contributed by atoms with E-state index < -0.39 is 12.2 Å². The number of carbonyl (C=O) groups excluding carboxylic acids is 3. The number of benzene rings is 3. The van der Waals surface area contributed by atoms with Crippen molar-refractivity contribution in [2.45, 2.75) is 52.0 Å². The molecule has 7 nitrogen and oxygen atoms in total. The van der Waals surface area contributed by atoms with Crippen molar-refractivity contribution in [3.8, 4) is 0 Å². The lowest BCUT2D eigenvalue weighted by Crippen LogP contribution is -2.72.